The van der Waals surface area contributed by atoms with Gasteiger partial charge in [0.15, 0.2) is 0 Å². The molecule has 248 valence electrons. The maximum Gasteiger partial charge on any atom is 0.249 e. The van der Waals surface area contributed by atoms with Crippen LogP contribution in [-0.4, -0.2) is 50.7 Å². The third-order valence-corrected chi connectivity index (χ3v) is 3.58. The van der Waals surface area contributed by atoms with E-state index in [1.54, 1.807) is 54.8 Å². The second-order valence-electron chi connectivity index (χ2n) is 6.44. The Morgan fingerprint density at radius 3 is 0.976 bits per heavy atom. The van der Waals surface area contributed by atoms with Gasteiger partial charge in [-0.1, -0.05) is 114 Å². The van der Waals surface area contributed by atoms with Crippen LogP contribution in [0.1, 0.15) is 61.6 Å². The second kappa shape index (κ2) is 47.5. The Kier molecular flexibility index (Phi) is 77.3. The fourth-order valence-corrected chi connectivity index (χ4v) is 1.91. The van der Waals surface area contributed by atoms with Gasteiger partial charge in [0.2, 0.25) is 11.8 Å². The summed E-state index contributed by atoms with van der Waals surface area (Å²) < 4.78 is 86.6. The van der Waals surface area contributed by atoms with E-state index < -0.39 is 22.5 Å². The molecule has 12 heteroatoms. The number of benzene rings is 2. The summed E-state index contributed by atoms with van der Waals surface area (Å²) in [6.07, 6.45) is 4.42. The van der Waals surface area contributed by atoms with Gasteiger partial charge >= 0.3 is 0 Å². The van der Waals surface area contributed by atoms with E-state index in [0.717, 1.165) is 20.1 Å². The first kappa shape index (κ1) is 66.8. The molecule has 0 saturated heterocycles. The first-order valence-electron chi connectivity index (χ1n) is 10.3. The fourth-order valence-electron chi connectivity index (χ4n) is 1.91. The summed E-state index contributed by atoms with van der Waals surface area (Å²) in [6.45, 7) is 4.00. The Morgan fingerprint density at radius 2 is 0.854 bits per heavy atom. The van der Waals surface area contributed by atoms with Crippen LogP contribution in [0.5, 0.6) is 0 Å². The molecule has 2 aromatic carbocycles. The van der Waals surface area contributed by atoms with E-state index in [1.165, 1.54) is 5.75 Å². The zero-order chi connectivity index (χ0) is 29.6. The van der Waals surface area contributed by atoms with Crippen molar-refractivity contribution < 1.29 is 34.8 Å². The molecule has 0 amide bonds. The van der Waals surface area contributed by atoms with Gasteiger partial charge in [0.05, 0.1) is 14.4 Å². The van der Waals surface area contributed by atoms with Crippen molar-refractivity contribution in [3.05, 3.63) is 71.8 Å². The van der Waals surface area contributed by atoms with Crippen LogP contribution in [0.15, 0.2) is 60.7 Å². The van der Waals surface area contributed by atoms with Gasteiger partial charge in [-0.05, 0) is 37.0 Å². The summed E-state index contributed by atoms with van der Waals surface area (Å²) in [4.78, 5) is 0. The predicted octanol–water partition coefficient (Wildman–Crippen LogP) is 10.9. The van der Waals surface area contributed by atoms with Crippen molar-refractivity contribution in [3.8, 4) is 0 Å². The Balaban J connectivity index is -0.0000000377. The van der Waals surface area contributed by atoms with Gasteiger partial charge in [0, 0.05) is 12.8 Å². The molecule has 0 radical (unpaired) electrons. The molecule has 0 saturated carbocycles. The maximum absolute atomic E-state index is 12.4. The summed E-state index contributed by atoms with van der Waals surface area (Å²) >= 11 is 5.94. The van der Waals surface area contributed by atoms with E-state index in [-0.39, 0.29) is 42.5 Å². The average molecular weight is 914 g/mol. The van der Waals surface area contributed by atoms with Crippen molar-refractivity contribution in [3.63, 3.8) is 0 Å². The molecule has 0 aliphatic heterocycles. The first-order chi connectivity index (χ1) is 16.8. The number of rotatable bonds is 5. The maximum atomic E-state index is 12.4. The van der Waals surface area contributed by atoms with Gasteiger partial charge in [-0.2, -0.15) is 18.0 Å². The molecular formula is C29H56F6O2RfS3-2. The molecule has 0 spiro atoms. The molecule has 0 aliphatic carbocycles. The second-order valence-corrected chi connectivity index (χ2v) is 8.40. The van der Waals surface area contributed by atoms with E-state index in [0.29, 0.717) is 25.5 Å². The van der Waals surface area contributed by atoms with Crippen molar-refractivity contribution in [1.82, 2.24) is 0 Å². The van der Waals surface area contributed by atoms with Crippen molar-refractivity contribution in [1.29, 1.82) is 0 Å². The Bertz CT molecular complexity index is 669. The van der Waals surface area contributed by atoms with Crippen LogP contribution >= 0.6 is 11.8 Å². The summed E-state index contributed by atoms with van der Waals surface area (Å²) in [7, 11) is -0.861. The van der Waals surface area contributed by atoms with E-state index in [4.69, 9.17) is 8.42 Å². The van der Waals surface area contributed by atoms with Crippen molar-refractivity contribution in [2.45, 2.75) is 75.2 Å². The number of hydrogen-bond acceptors (Lipinski definition) is 5. The predicted molar refractivity (Wildman–Crippen MR) is 175 cm³/mol. The van der Waals surface area contributed by atoms with Crippen molar-refractivity contribution >= 4 is 35.1 Å². The zero-order valence-electron chi connectivity index (χ0n) is 22.9. The van der Waals surface area contributed by atoms with Crippen LogP contribution in [0.2, 0.25) is 0 Å². The summed E-state index contributed by atoms with van der Waals surface area (Å²) in [5, 5.41) is 0. The normalized spacial score (nSPS) is 8.20. The van der Waals surface area contributed by atoms with E-state index >= 15 is 0 Å². The molecule has 2 aromatic rings. The SMILES string of the molecule is C.C.C.C.CC(F)(F)Cc1ccccc1.CC(F)(F)Cc1ccccc1.CCSC.CF.CF.C[S-].C[S-](=O)=O.[Rf]. The Hall–Kier alpha value is -2.33. The largest absolute Gasteiger partial charge is 0.796 e. The van der Waals surface area contributed by atoms with Gasteiger partial charge in [0.1, 0.15) is 0 Å². The molecule has 0 fully saturated rings. The molecule has 0 unspecified atom stereocenters. The molecule has 0 aliphatic rings. The molecule has 0 N–H and O–H groups in total. The van der Waals surface area contributed by atoms with Gasteiger partial charge < -0.3 is 21.0 Å². The van der Waals surface area contributed by atoms with Crippen LogP contribution in [0, 0.1) is 0 Å². The third-order valence-electron chi connectivity index (χ3n) is 3.00. The molecule has 0 heterocycles. The summed E-state index contributed by atoms with van der Waals surface area (Å²) in [6, 6.07) is 17.5. The fraction of sp³-hybridized carbons (Fsp3) is 0.586. The smallest absolute Gasteiger partial charge is 0.249 e. The molecule has 0 bridgehead atoms. The molecular weight excluding hydrogens is 858 g/mol. The van der Waals surface area contributed by atoms with Gasteiger partial charge in [0.25, 0.3) is 0 Å². The number of alkyl halides is 6. The van der Waals surface area contributed by atoms with Gasteiger partial charge in [-0.25, -0.2) is 17.6 Å². The summed E-state index contributed by atoms with van der Waals surface area (Å²) in [5.41, 5.74) is 1.36. The van der Waals surface area contributed by atoms with Gasteiger partial charge in [-0.15, -0.1) is 0 Å². The molecule has 2 rings (SSSR count). The van der Waals surface area contributed by atoms with Crippen LogP contribution in [0.4, 0.5) is 26.3 Å². The number of halogens is 6. The third kappa shape index (κ3) is 78.8. The van der Waals surface area contributed by atoms with Crippen LogP contribution in [0.25, 0.3) is 0 Å². The minimum absolute atomic E-state index is 0. The number of hydrogen-bond donors (Lipinski definition) is 0. The Morgan fingerprint density at radius 1 is 0.683 bits per heavy atom. The Labute approximate surface area is 255 Å². The van der Waals surface area contributed by atoms with Crippen LogP contribution in [-0.2, 0) is 44.6 Å². The van der Waals surface area contributed by atoms with E-state index in [9.17, 15) is 26.3 Å². The van der Waals surface area contributed by atoms with Crippen LogP contribution in [0.3, 0.4) is 0 Å². The van der Waals surface area contributed by atoms with Crippen LogP contribution < -0.4 is 0 Å². The number of thioether (sulfide) groups is 1. The molecule has 41 heavy (non-hydrogen) atoms. The molecule has 2 nitrogen and oxygen atoms in total. The minimum Gasteiger partial charge on any atom is -0.796 e. The first-order valence-corrected chi connectivity index (χ1v) is 14.0. The molecule has 0 atom stereocenters. The standard InChI is InChI=1S/2C9H10F2.C3H8S.2CH3F.CH3O2S.CH4S.4CH4.Rf/c2*1-9(10,11)7-8-5-3-2-4-6-8;1-3-4-2;2*1-2;1-4(2)3;1-2;;;;;/h2*2-6H,7H2,1H3;3H2,1-2H3;2*1H3;1H3;2H,1H3;4*1H4;/q;;;;;-1;;;;;;/p-1. The van der Waals surface area contributed by atoms with E-state index in [1.807, 2.05) is 23.9 Å². The van der Waals surface area contributed by atoms with E-state index in [2.05, 4.69) is 25.8 Å². The average Bonchev–Trinajstić information content (AvgIpc) is 2.82. The minimum atomic E-state index is -2.60. The monoisotopic (exact) mass is 913 g/mol. The topological polar surface area (TPSA) is 34.1 Å². The van der Waals surface area contributed by atoms with Crippen molar-refractivity contribution in [2.24, 2.45) is 0 Å². The zero-order valence-corrected chi connectivity index (χ0v) is 31.8. The van der Waals surface area contributed by atoms with Gasteiger partial charge in [-0.3, -0.25) is 8.78 Å². The van der Waals surface area contributed by atoms with Crippen molar-refractivity contribution in [2.75, 3.05) is 38.9 Å². The quantitative estimate of drug-likeness (QED) is 0.221. The molecule has 0 aromatic heterocycles. The summed E-state index contributed by atoms with van der Waals surface area (Å²) in [5.74, 6) is -3.96.